The zero-order chi connectivity index (χ0) is 22.3. The van der Waals surface area contributed by atoms with Gasteiger partial charge >= 0.3 is 0 Å². The van der Waals surface area contributed by atoms with Gasteiger partial charge in [0.05, 0.1) is 11.6 Å². The SMILES string of the molecule is CC1(C)CNC(CCC(=O)c2cccc(Cl)c2)CC/C1=C\C#Cc1cccc(C#N)c1. The van der Waals surface area contributed by atoms with Gasteiger partial charge in [-0.2, -0.15) is 5.26 Å². The highest BCUT2D eigenvalue weighted by Crippen LogP contribution is 2.33. The highest BCUT2D eigenvalue weighted by Gasteiger charge is 2.28. The number of carbonyl (C=O) groups excluding carboxylic acids is 1. The molecular formula is C27H27ClN2O. The lowest BCUT2D eigenvalue weighted by molar-refractivity contribution is 0.0975. The third-order valence-electron chi connectivity index (χ3n) is 5.79. The number of allylic oxidation sites excluding steroid dienone is 1. The van der Waals surface area contributed by atoms with E-state index in [4.69, 9.17) is 16.9 Å². The van der Waals surface area contributed by atoms with Gasteiger partial charge in [0.15, 0.2) is 5.78 Å². The smallest absolute Gasteiger partial charge is 0.162 e. The molecule has 0 aliphatic carbocycles. The fourth-order valence-corrected chi connectivity index (χ4v) is 3.97. The number of ketones is 1. The van der Waals surface area contributed by atoms with Crippen molar-refractivity contribution < 1.29 is 4.79 Å². The Kier molecular flexibility index (Phi) is 7.69. The van der Waals surface area contributed by atoms with Gasteiger partial charge in [0.2, 0.25) is 0 Å². The number of hydrogen-bond donors (Lipinski definition) is 1. The van der Waals surface area contributed by atoms with Crippen molar-refractivity contribution in [1.82, 2.24) is 5.32 Å². The van der Waals surface area contributed by atoms with Crippen LogP contribution in [0.4, 0.5) is 0 Å². The molecule has 2 aromatic rings. The normalized spacial score (nSPS) is 19.0. The number of nitrogens with zero attached hydrogens (tertiary/aromatic N) is 1. The van der Waals surface area contributed by atoms with Crippen molar-refractivity contribution in [2.24, 2.45) is 5.41 Å². The van der Waals surface area contributed by atoms with Gasteiger partial charge in [-0.1, -0.05) is 61.1 Å². The standard InChI is InChI=1S/C27H27ClN2O/c1-27(2)19-30-25(14-15-26(31)22-9-5-11-24(28)17-22)13-12-23(27)10-4-7-20-6-3-8-21(16-20)18-29/h3,5-6,8-11,16-17,25,30H,12-15,19H2,1-2H3/b23-10+. The molecule has 1 unspecified atom stereocenters. The molecule has 1 aliphatic rings. The van der Waals surface area contributed by atoms with E-state index >= 15 is 0 Å². The minimum Gasteiger partial charge on any atom is -0.313 e. The summed E-state index contributed by atoms with van der Waals surface area (Å²) in [5, 5.41) is 13.3. The number of rotatable bonds is 4. The third kappa shape index (κ3) is 6.56. The van der Waals surface area contributed by atoms with Crippen LogP contribution < -0.4 is 5.32 Å². The molecule has 1 N–H and O–H groups in total. The van der Waals surface area contributed by atoms with Gasteiger partial charge in [-0.25, -0.2) is 0 Å². The topological polar surface area (TPSA) is 52.9 Å². The van der Waals surface area contributed by atoms with E-state index in [2.05, 4.69) is 37.1 Å². The molecule has 0 saturated carbocycles. The molecule has 3 nitrogen and oxygen atoms in total. The van der Waals surface area contributed by atoms with Crippen LogP contribution in [0.15, 0.2) is 60.2 Å². The van der Waals surface area contributed by atoms with Crippen LogP contribution in [0.1, 0.15) is 61.0 Å². The van der Waals surface area contributed by atoms with E-state index < -0.39 is 0 Å². The lowest BCUT2D eigenvalue weighted by Gasteiger charge is -2.25. The fourth-order valence-electron chi connectivity index (χ4n) is 3.78. The summed E-state index contributed by atoms with van der Waals surface area (Å²) in [6.45, 7) is 5.30. The van der Waals surface area contributed by atoms with Crippen LogP contribution in [0.2, 0.25) is 5.02 Å². The first-order chi connectivity index (χ1) is 14.9. The Labute approximate surface area is 190 Å². The van der Waals surface area contributed by atoms with E-state index in [0.29, 0.717) is 28.6 Å². The molecule has 0 amide bonds. The molecule has 0 aromatic heterocycles. The molecule has 1 saturated heterocycles. The Bertz CT molecular complexity index is 1080. The van der Waals surface area contributed by atoms with Crippen molar-refractivity contribution >= 4 is 17.4 Å². The van der Waals surface area contributed by atoms with Gasteiger partial charge in [0.1, 0.15) is 0 Å². The van der Waals surface area contributed by atoms with Crippen LogP contribution in [0.3, 0.4) is 0 Å². The van der Waals surface area contributed by atoms with Gasteiger partial charge in [-0.05, 0) is 61.1 Å². The molecule has 31 heavy (non-hydrogen) atoms. The molecule has 2 aromatic carbocycles. The molecule has 1 fully saturated rings. The average molecular weight is 431 g/mol. The highest BCUT2D eigenvalue weighted by molar-refractivity contribution is 6.31. The molecule has 158 valence electrons. The Morgan fingerprint density at radius 2 is 2.00 bits per heavy atom. The average Bonchev–Trinajstić information content (AvgIpc) is 2.90. The molecule has 0 bridgehead atoms. The Hall–Kier alpha value is -2.85. The number of nitriles is 1. The molecule has 1 heterocycles. The van der Waals surface area contributed by atoms with E-state index in [9.17, 15) is 4.79 Å². The zero-order valence-corrected chi connectivity index (χ0v) is 18.8. The maximum Gasteiger partial charge on any atom is 0.162 e. The number of nitrogens with one attached hydrogen (secondary N) is 1. The van der Waals surface area contributed by atoms with Crippen molar-refractivity contribution in [3.05, 3.63) is 81.9 Å². The van der Waals surface area contributed by atoms with Crippen molar-refractivity contribution in [2.45, 2.75) is 45.6 Å². The van der Waals surface area contributed by atoms with E-state index in [1.54, 1.807) is 24.3 Å². The summed E-state index contributed by atoms with van der Waals surface area (Å²) in [5.41, 5.74) is 3.45. The van der Waals surface area contributed by atoms with E-state index in [0.717, 1.165) is 31.4 Å². The van der Waals surface area contributed by atoms with Crippen molar-refractivity contribution in [3.8, 4) is 17.9 Å². The summed E-state index contributed by atoms with van der Waals surface area (Å²) in [6, 6.07) is 17.0. The van der Waals surface area contributed by atoms with Crippen LogP contribution in [0, 0.1) is 28.6 Å². The highest BCUT2D eigenvalue weighted by atomic mass is 35.5. The number of halogens is 1. The first-order valence-corrected chi connectivity index (χ1v) is 11.0. The minimum absolute atomic E-state index is 0.00506. The quantitative estimate of drug-likeness (QED) is 0.483. The number of hydrogen-bond acceptors (Lipinski definition) is 3. The van der Waals surface area contributed by atoms with Crippen molar-refractivity contribution in [3.63, 3.8) is 0 Å². The summed E-state index contributed by atoms with van der Waals surface area (Å²) in [6.07, 6.45) is 5.26. The maximum atomic E-state index is 12.5. The summed E-state index contributed by atoms with van der Waals surface area (Å²) in [4.78, 5) is 12.5. The Balaban J connectivity index is 1.62. The molecule has 4 heteroatoms. The summed E-state index contributed by atoms with van der Waals surface area (Å²) in [5.74, 6) is 6.46. The van der Waals surface area contributed by atoms with Crippen LogP contribution in [0.5, 0.6) is 0 Å². The molecule has 0 radical (unpaired) electrons. The molecule has 0 spiro atoms. The first kappa shape index (κ1) is 22.8. The molecular weight excluding hydrogens is 404 g/mol. The Morgan fingerprint density at radius 3 is 2.77 bits per heavy atom. The van der Waals surface area contributed by atoms with Crippen molar-refractivity contribution in [1.29, 1.82) is 5.26 Å². The predicted octanol–water partition coefficient (Wildman–Crippen LogP) is 5.93. The molecule has 3 rings (SSSR count). The van der Waals surface area contributed by atoms with Gasteiger partial charge in [0.25, 0.3) is 0 Å². The number of Topliss-reactive ketones (excluding diaryl/α,β-unsaturated/α-hetero) is 1. The zero-order valence-electron chi connectivity index (χ0n) is 18.0. The second-order valence-electron chi connectivity index (χ2n) is 8.60. The first-order valence-electron chi connectivity index (χ1n) is 10.6. The predicted molar refractivity (Wildman–Crippen MR) is 126 cm³/mol. The van der Waals surface area contributed by atoms with Crippen LogP contribution in [-0.2, 0) is 0 Å². The van der Waals surface area contributed by atoms with Gasteiger partial charge in [0, 0.05) is 35.2 Å². The lowest BCUT2D eigenvalue weighted by atomic mass is 9.82. The van der Waals surface area contributed by atoms with Gasteiger partial charge in [-0.3, -0.25) is 4.79 Å². The summed E-state index contributed by atoms with van der Waals surface area (Å²) < 4.78 is 0. The van der Waals surface area contributed by atoms with Crippen LogP contribution >= 0.6 is 11.6 Å². The minimum atomic E-state index is -0.00506. The van der Waals surface area contributed by atoms with Crippen molar-refractivity contribution in [2.75, 3.05) is 6.54 Å². The van der Waals surface area contributed by atoms with Crippen LogP contribution in [0.25, 0.3) is 0 Å². The fraction of sp³-hybridized carbons (Fsp3) is 0.333. The largest absolute Gasteiger partial charge is 0.313 e. The Morgan fingerprint density at radius 1 is 1.23 bits per heavy atom. The second kappa shape index (κ2) is 10.5. The van der Waals surface area contributed by atoms with Gasteiger partial charge < -0.3 is 5.32 Å². The number of carbonyl (C=O) groups is 1. The van der Waals surface area contributed by atoms with Gasteiger partial charge in [-0.15, -0.1) is 0 Å². The third-order valence-corrected chi connectivity index (χ3v) is 6.02. The van der Waals surface area contributed by atoms with E-state index in [1.807, 2.05) is 30.3 Å². The number of benzene rings is 2. The maximum absolute atomic E-state index is 12.5. The lowest BCUT2D eigenvalue weighted by Crippen LogP contribution is -2.34. The van der Waals surface area contributed by atoms with Crippen LogP contribution in [-0.4, -0.2) is 18.4 Å². The molecule has 1 aliphatic heterocycles. The summed E-state index contributed by atoms with van der Waals surface area (Å²) in [7, 11) is 0. The monoisotopic (exact) mass is 430 g/mol. The van der Waals surface area contributed by atoms with E-state index in [-0.39, 0.29) is 11.2 Å². The molecule has 1 atom stereocenters. The second-order valence-corrected chi connectivity index (χ2v) is 9.04. The van der Waals surface area contributed by atoms with E-state index in [1.165, 1.54) is 5.57 Å². The summed E-state index contributed by atoms with van der Waals surface area (Å²) >= 11 is 6.01.